The van der Waals surface area contributed by atoms with Crippen molar-refractivity contribution in [1.82, 2.24) is 0 Å². The highest BCUT2D eigenvalue weighted by molar-refractivity contribution is 5.17. The van der Waals surface area contributed by atoms with Crippen molar-refractivity contribution >= 4 is 0 Å². The minimum Gasteiger partial charge on any atom is -0.387 e. The molecular weight excluding hydrogens is 733 g/mol. The van der Waals surface area contributed by atoms with Crippen LogP contribution >= 0.6 is 0 Å². The number of hydrogen-bond acceptors (Lipinski definition) is 9. The molecule has 4 aliphatic heterocycles. The van der Waals surface area contributed by atoms with Crippen LogP contribution in [-0.2, 0) is 64.3 Å². The largest absolute Gasteiger partial charge is 0.387 e. The fourth-order valence-electron chi connectivity index (χ4n) is 9.28. The maximum atomic E-state index is 12.4. The van der Waals surface area contributed by atoms with Gasteiger partial charge < -0.3 is 43.0 Å². The van der Waals surface area contributed by atoms with Crippen LogP contribution in [0.2, 0.25) is 0 Å². The Bertz CT molecular complexity index is 1830. The average molecular weight is 793 g/mol. The van der Waals surface area contributed by atoms with Gasteiger partial charge in [-0.25, -0.2) is 0 Å². The van der Waals surface area contributed by atoms with E-state index >= 15 is 0 Å². The van der Waals surface area contributed by atoms with E-state index in [9.17, 15) is 5.11 Å². The van der Waals surface area contributed by atoms with E-state index in [1.165, 1.54) is 0 Å². The molecule has 1 N–H and O–H groups in total. The fraction of sp³-hybridized carbons (Fsp3) is 0.510. The lowest BCUT2D eigenvalue weighted by Gasteiger charge is -2.61. The Balaban J connectivity index is 0.968. The van der Waals surface area contributed by atoms with Crippen molar-refractivity contribution in [1.29, 1.82) is 0 Å². The van der Waals surface area contributed by atoms with Crippen LogP contribution < -0.4 is 0 Å². The summed E-state index contributed by atoms with van der Waals surface area (Å²) in [5.74, 6) is 0.0881. The van der Waals surface area contributed by atoms with Crippen LogP contribution in [0.15, 0.2) is 121 Å². The van der Waals surface area contributed by atoms with Gasteiger partial charge in [-0.3, -0.25) is 0 Å². The molecule has 9 nitrogen and oxygen atoms in total. The van der Waals surface area contributed by atoms with Crippen molar-refractivity contribution in [3.63, 3.8) is 0 Å². The molecule has 8 rings (SSSR count). The Kier molecular flexibility index (Phi) is 13.4. The summed E-state index contributed by atoms with van der Waals surface area (Å²) in [5, 5.41) is 12.4. The van der Waals surface area contributed by atoms with Gasteiger partial charge in [-0.05, 0) is 48.4 Å². The van der Waals surface area contributed by atoms with Crippen molar-refractivity contribution in [2.45, 2.75) is 139 Å². The quantitative estimate of drug-likeness (QED) is 0.113. The van der Waals surface area contributed by atoms with E-state index in [0.29, 0.717) is 58.9 Å². The van der Waals surface area contributed by atoms with Crippen LogP contribution in [0.3, 0.4) is 0 Å². The third-order valence-electron chi connectivity index (χ3n) is 12.7. The van der Waals surface area contributed by atoms with Gasteiger partial charge in [-0.1, -0.05) is 128 Å². The number of hydrogen-bond donors (Lipinski definition) is 1. The van der Waals surface area contributed by atoms with E-state index in [0.717, 1.165) is 28.7 Å². The van der Waals surface area contributed by atoms with Gasteiger partial charge in [-0.2, -0.15) is 0 Å². The molecule has 310 valence electrons. The van der Waals surface area contributed by atoms with Crippen LogP contribution in [-0.4, -0.2) is 84.5 Å². The monoisotopic (exact) mass is 792 g/mol. The van der Waals surface area contributed by atoms with Gasteiger partial charge in [-0.15, -0.1) is 0 Å². The third-order valence-corrected chi connectivity index (χ3v) is 12.7. The van der Waals surface area contributed by atoms with E-state index < -0.39 is 35.6 Å². The van der Waals surface area contributed by atoms with Crippen LogP contribution in [0.25, 0.3) is 0 Å². The summed E-state index contributed by atoms with van der Waals surface area (Å²) < 4.78 is 53.6. The first-order valence-corrected chi connectivity index (χ1v) is 21.2. The molecule has 0 unspecified atom stereocenters. The van der Waals surface area contributed by atoms with E-state index in [4.69, 9.17) is 37.9 Å². The zero-order valence-corrected chi connectivity index (χ0v) is 34.1. The van der Waals surface area contributed by atoms with Crippen LogP contribution in [0, 0.1) is 5.92 Å². The zero-order valence-electron chi connectivity index (χ0n) is 34.1. The highest BCUT2D eigenvalue weighted by Gasteiger charge is 2.64. The molecule has 0 bridgehead atoms. The smallest absolute Gasteiger partial charge is 0.120 e. The maximum absolute atomic E-state index is 12.4. The van der Waals surface area contributed by atoms with Gasteiger partial charge in [0, 0.05) is 25.9 Å². The highest BCUT2D eigenvalue weighted by atomic mass is 16.6. The molecule has 0 spiro atoms. The number of aliphatic hydroxyl groups excluding tert-OH is 1. The molecule has 58 heavy (non-hydrogen) atoms. The van der Waals surface area contributed by atoms with Crippen LogP contribution in [0.4, 0.5) is 0 Å². The second-order valence-electron chi connectivity index (χ2n) is 17.1. The predicted octanol–water partition coefficient (Wildman–Crippen LogP) is 8.00. The number of fused-ring (bicyclic) bond motifs is 3. The lowest BCUT2D eigenvalue weighted by atomic mass is 9.72. The summed E-state index contributed by atoms with van der Waals surface area (Å²) in [6.45, 7) is 9.19. The van der Waals surface area contributed by atoms with Gasteiger partial charge in [0.2, 0.25) is 0 Å². The Morgan fingerprint density at radius 1 is 0.638 bits per heavy atom. The minimum absolute atomic E-state index is 0.0881. The predicted molar refractivity (Wildman–Crippen MR) is 220 cm³/mol. The molecule has 4 fully saturated rings. The summed E-state index contributed by atoms with van der Waals surface area (Å²) in [5.41, 5.74) is 2.74. The molecular formula is C49H60O9. The van der Waals surface area contributed by atoms with Gasteiger partial charge in [0.15, 0.2) is 0 Å². The second kappa shape index (κ2) is 18.8. The highest BCUT2D eigenvalue weighted by Crippen LogP contribution is 2.50. The van der Waals surface area contributed by atoms with Crippen molar-refractivity contribution in [3.8, 4) is 0 Å². The Morgan fingerprint density at radius 3 is 1.74 bits per heavy atom. The van der Waals surface area contributed by atoms with Crippen molar-refractivity contribution in [2.75, 3.05) is 13.2 Å². The maximum Gasteiger partial charge on any atom is 0.120 e. The summed E-state index contributed by atoms with van der Waals surface area (Å²) in [4.78, 5) is 0. The lowest BCUT2D eigenvalue weighted by Crippen LogP contribution is -2.75. The standard InChI is InChI=1S/C49H60O9/c1-34(24-25-51-29-35-16-8-4-9-17-35)45-40(54-32-38-22-14-7-15-23-38)27-44-49(3,58-45)47(50)46-41(55-44)28-48(2)43(56-46)26-39(53-31-37-20-12-6-13-21-37)42(57-48)33-52-30-36-18-10-5-11-19-36/h4-23,34,39-47,50H,24-33H2,1-3H3/t34-,39-,40+,41+,42+,43+,44-,45-,46+,47-,48-,49-/m0/s1. The Hall–Kier alpha value is -3.48. The van der Waals surface area contributed by atoms with Gasteiger partial charge in [0.05, 0.1) is 75.3 Å². The first-order chi connectivity index (χ1) is 28.3. The van der Waals surface area contributed by atoms with Crippen molar-refractivity contribution in [2.24, 2.45) is 5.92 Å². The topological polar surface area (TPSA) is 94.1 Å². The molecule has 0 radical (unpaired) electrons. The summed E-state index contributed by atoms with van der Waals surface area (Å²) >= 11 is 0. The first kappa shape index (κ1) is 41.3. The first-order valence-electron chi connectivity index (χ1n) is 21.2. The van der Waals surface area contributed by atoms with E-state index in [2.05, 4.69) is 62.4 Å². The zero-order chi connectivity index (χ0) is 40.0. The molecule has 4 heterocycles. The molecule has 9 heteroatoms. The van der Waals surface area contributed by atoms with E-state index in [1.807, 2.05) is 79.7 Å². The van der Waals surface area contributed by atoms with Crippen molar-refractivity contribution < 1.29 is 43.0 Å². The van der Waals surface area contributed by atoms with E-state index in [1.54, 1.807) is 0 Å². The SMILES string of the molecule is C[C@@H](CCOCc1ccccc1)[C@@H]1O[C@@]2(C)[C@H](C[C@H]1OCc1ccccc1)O[C@@H]1C[C@]3(C)O[C@H](COCc4ccccc4)[C@@H](OCc4ccccc4)C[C@H]3O[C@H]1[C@@H]2O. The average Bonchev–Trinajstić information content (AvgIpc) is 3.25. The van der Waals surface area contributed by atoms with Crippen LogP contribution in [0.5, 0.6) is 0 Å². The van der Waals surface area contributed by atoms with Gasteiger partial charge in [0.25, 0.3) is 0 Å². The van der Waals surface area contributed by atoms with Gasteiger partial charge in [0.1, 0.15) is 23.9 Å². The third kappa shape index (κ3) is 9.60. The number of aliphatic hydroxyl groups is 1. The normalized spacial score (nSPS) is 33.7. The van der Waals surface area contributed by atoms with Crippen LogP contribution in [0.1, 0.15) is 68.7 Å². The molecule has 0 aliphatic carbocycles. The molecule has 0 aromatic heterocycles. The number of benzene rings is 4. The molecule has 0 saturated carbocycles. The summed E-state index contributed by atoms with van der Waals surface area (Å²) in [6, 6.07) is 40.8. The lowest BCUT2D eigenvalue weighted by molar-refractivity contribution is -0.377. The second-order valence-corrected chi connectivity index (χ2v) is 17.1. The molecule has 4 aliphatic rings. The Labute approximate surface area is 343 Å². The number of ether oxygens (including phenoxy) is 8. The fourth-order valence-corrected chi connectivity index (χ4v) is 9.28. The molecule has 4 aromatic rings. The van der Waals surface area contributed by atoms with E-state index in [-0.39, 0.29) is 36.4 Å². The Morgan fingerprint density at radius 2 is 1.16 bits per heavy atom. The molecule has 4 aromatic carbocycles. The van der Waals surface area contributed by atoms with Gasteiger partial charge >= 0.3 is 0 Å². The number of rotatable bonds is 16. The summed E-state index contributed by atoms with van der Waals surface area (Å²) in [6.07, 6.45) is -1.32. The summed E-state index contributed by atoms with van der Waals surface area (Å²) in [7, 11) is 0. The van der Waals surface area contributed by atoms with Crippen molar-refractivity contribution in [3.05, 3.63) is 144 Å². The molecule has 0 amide bonds. The minimum atomic E-state index is -1.02. The molecule has 12 atom stereocenters. The molecule has 4 saturated heterocycles.